The van der Waals surface area contributed by atoms with E-state index in [0.717, 1.165) is 19.0 Å². The maximum absolute atomic E-state index is 9.00. The first-order valence-corrected chi connectivity index (χ1v) is 6.97. The molecule has 0 aliphatic heterocycles. The van der Waals surface area contributed by atoms with Gasteiger partial charge in [-0.15, -0.1) is 0 Å². The highest BCUT2D eigenvalue weighted by atomic mass is 16.3. The topological polar surface area (TPSA) is 35.5 Å². The van der Waals surface area contributed by atoms with E-state index >= 15 is 0 Å². The molecule has 0 bridgehead atoms. The van der Waals surface area contributed by atoms with Gasteiger partial charge >= 0.3 is 0 Å². The van der Waals surface area contributed by atoms with Crippen LogP contribution in [0.3, 0.4) is 0 Å². The second kappa shape index (κ2) is 6.72. The van der Waals surface area contributed by atoms with Gasteiger partial charge < -0.3 is 15.3 Å². The van der Waals surface area contributed by atoms with E-state index in [-0.39, 0.29) is 6.61 Å². The van der Waals surface area contributed by atoms with Crippen LogP contribution in [-0.4, -0.2) is 49.3 Å². The van der Waals surface area contributed by atoms with E-state index in [1.54, 1.807) is 0 Å². The van der Waals surface area contributed by atoms with Crippen molar-refractivity contribution >= 4 is 0 Å². The second-order valence-electron chi connectivity index (χ2n) is 6.33. The van der Waals surface area contributed by atoms with Gasteiger partial charge in [-0.2, -0.15) is 0 Å². The summed E-state index contributed by atoms with van der Waals surface area (Å²) < 4.78 is 0. The van der Waals surface area contributed by atoms with Crippen molar-refractivity contribution in [2.75, 3.05) is 27.2 Å². The average Bonchev–Trinajstić information content (AvgIpc) is 2.28. The average molecular weight is 242 g/mol. The molecule has 3 nitrogen and oxygen atoms in total. The Balaban J connectivity index is 2.35. The van der Waals surface area contributed by atoms with Gasteiger partial charge in [-0.05, 0) is 51.6 Å². The van der Waals surface area contributed by atoms with Crippen molar-refractivity contribution in [1.82, 2.24) is 10.2 Å². The molecule has 1 unspecified atom stereocenters. The van der Waals surface area contributed by atoms with Crippen molar-refractivity contribution in [2.24, 2.45) is 5.41 Å². The van der Waals surface area contributed by atoms with Gasteiger partial charge in [-0.3, -0.25) is 0 Å². The van der Waals surface area contributed by atoms with E-state index in [4.69, 9.17) is 5.11 Å². The zero-order chi connectivity index (χ0) is 12.9. The highest BCUT2D eigenvalue weighted by Gasteiger charge is 2.29. The molecule has 102 valence electrons. The number of nitrogens with zero attached hydrogens (tertiary/aromatic N) is 1. The lowest BCUT2D eigenvalue weighted by atomic mass is 9.75. The van der Waals surface area contributed by atoms with E-state index < -0.39 is 0 Å². The van der Waals surface area contributed by atoms with E-state index in [0.29, 0.717) is 11.5 Å². The molecule has 0 aromatic heterocycles. The lowest BCUT2D eigenvalue weighted by Gasteiger charge is -2.39. The molecule has 1 saturated carbocycles. The van der Waals surface area contributed by atoms with Crippen molar-refractivity contribution in [1.29, 1.82) is 0 Å². The van der Waals surface area contributed by atoms with Crippen LogP contribution in [0.2, 0.25) is 0 Å². The van der Waals surface area contributed by atoms with Crippen molar-refractivity contribution in [3.05, 3.63) is 0 Å². The van der Waals surface area contributed by atoms with Gasteiger partial charge in [0.25, 0.3) is 0 Å². The zero-order valence-electron chi connectivity index (χ0n) is 12.0. The first kappa shape index (κ1) is 14.9. The van der Waals surface area contributed by atoms with E-state index in [2.05, 4.69) is 31.1 Å². The maximum Gasteiger partial charge on any atom is 0.0446 e. The third-order valence-electron chi connectivity index (χ3n) is 4.33. The van der Waals surface area contributed by atoms with Gasteiger partial charge in [0.2, 0.25) is 0 Å². The minimum absolute atomic E-state index is 0.275. The Morgan fingerprint density at radius 1 is 1.35 bits per heavy atom. The van der Waals surface area contributed by atoms with Crippen LogP contribution < -0.4 is 5.32 Å². The first-order chi connectivity index (χ1) is 7.98. The number of hydrogen-bond acceptors (Lipinski definition) is 3. The van der Waals surface area contributed by atoms with Gasteiger partial charge in [0.1, 0.15) is 0 Å². The number of rotatable bonds is 6. The summed E-state index contributed by atoms with van der Waals surface area (Å²) in [4.78, 5) is 2.48. The molecular formula is C14H30N2O. The Bertz CT molecular complexity index is 208. The Morgan fingerprint density at radius 3 is 2.41 bits per heavy atom. The largest absolute Gasteiger partial charge is 0.396 e. The normalized spacial score (nSPS) is 22.9. The maximum atomic E-state index is 9.00. The summed E-state index contributed by atoms with van der Waals surface area (Å²) >= 11 is 0. The minimum atomic E-state index is 0.275. The van der Waals surface area contributed by atoms with Crippen molar-refractivity contribution in [2.45, 2.75) is 58.0 Å². The quantitative estimate of drug-likeness (QED) is 0.746. The molecule has 0 radical (unpaired) electrons. The third kappa shape index (κ3) is 4.94. The van der Waals surface area contributed by atoms with Gasteiger partial charge in [0, 0.05) is 25.2 Å². The predicted octanol–water partition coefficient (Wildman–Crippen LogP) is 1.86. The fraction of sp³-hybridized carbons (Fsp3) is 1.00. The minimum Gasteiger partial charge on any atom is -0.396 e. The molecule has 1 aliphatic rings. The van der Waals surface area contributed by atoms with Crippen molar-refractivity contribution < 1.29 is 5.11 Å². The molecule has 0 saturated heterocycles. The molecular weight excluding hydrogens is 212 g/mol. The molecule has 0 heterocycles. The predicted molar refractivity (Wildman–Crippen MR) is 73.2 cm³/mol. The monoisotopic (exact) mass is 242 g/mol. The first-order valence-electron chi connectivity index (χ1n) is 6.97. The summed E-state index contributed by atoms with van der Waals surface area (Å²) in [7, 11) is 4.21. The van der Waals surface area contributed by atoms with Crippen LogP contribution in [-0.2, 0) is 0 Å². The number of aliphatic hydroxyl groups excluding tert-OH is 1. The smallest absolute Gasteiger partial charge is 0.0446 e. The summed E-state index contributed by atoms with van der Waals surface area (Å²) in [6, 6.07) is 1.15. The molecule has 0 spiro atoms. The summed E-state index contributed by atoms with van der Waals surface area (Å²) in [5.41, 5.74) is 0.546. The molecule has 2 N–H and O–H groups in total. The van der Waals surface area contributed by atoms with Gasteiger partial charge in [-0.25, -0.2) is 0 Å². The van der Waals surface area contributed by atoms with Crippen LogP contribution in [0.25, 0.3) is 0 Å². The van der Waals surface area contributed by atoms with Crippen LogP contribution in [0.5, 0.6) is 0 Å². The standard InChI is InChI=1S/C14H30N2O/c1-14(2)8-5-13(6-9-14)16(4)11-12(15-3)7-10-17/h12-13,15,17H,5-11H2,1-4H3. The Morgan fingerprint density at radius 2 is 1.94 bits per heavy atom. The Labute approximate surface area is 107 Å². The highest BCUT2D eigenvalue weighted by Crippen LogP contribution is 2.36. The van der Waals surface area contributed by atoms with Gasteiger partial charge in [0.05, 0.1) is 0 Å². The lowest BCUT2D eigenvalue weighted by molar-refractivity contribution is 0.116. The Kier molecular flexibility index (Phi) is 5.90. The van der Waals surface area contributed by atoms with E-state index in [1.165, 1.54) is 25.7 Å². The van der Waals surface area contributed by atoms with Crippen LogP contribution in [0, 0.1) is 5.41 Å². The van der Waals surface area contributed by atoms with Gasteiger partial charge in [-0.1, -0.05) is 13.8 Å². The fourth-order valence-electron chi connectivity index (χ4n) is 2.80. The fourth-order valence-corrected chi connectivity index (χ4v) is 2.80. The highest BCUT2D eigenvalue weighted by molar-refractivity contribution is 4.84. The van der Waals surface area contributed by atoms with E-state index in [1.807, 2.05) is 7.05 Å². The van der Waals surface area contributed by atoms with Crippen LogP contribution in [0.15, 0.2) is 0 Å². The molecule has 0 aromatic rings. The molecule has 1 fully saturated rings. The van der Waals surface area contributed by atoms with Crippen molar-refractivity contribution in [3.63, 3.8) is 0 Å². The SMILES string of the molecule is CNC(CCO)CN(C)C1CCC(C)(C)CC1. The number of hydrogen-bond donors (Lipinski definition) is 2. The molecule has 1 aliphatic carbocycles. The van der Waals surface area contributed by atoms with Crippen LogP contribution in [0.4, 0.5) is 0 Å². The second-order valence-corrected chi connectivity index (χ2v) is 6.33. The summed E-state index contributed by atoms with van der Waals surface area (Å²) in [6.07, 6.45) is 6.16. The van der Waals surface area contributed by atoms with Crippen molar-refractivity contribution in [3.8, 4) is 0 Å². The number of nitrogens with one attached hydrogen (secondary N) is 1. The lowest BCUT2D eigenvalue weighted by Crippen LogP contribution is -2.44. The molecule has 3 heteroatoms. The van der Waals surface area contributed by atoms with Crippen LogP contribution in [0.1, 0.15) is 46.0 Å². The molecule has 1 rings (SSSR count). The summed E-state index contributed by atoms with van der Waals surface area (Å²) in [5.74, 6) is 0. The molecule has 17 heavy (non-hydrogen) atoms. The summed E-state index contributed by atoms with van der Waals surface area (Å²) in [5, 5.41) is 12.3. The molecule has 0 aromatic carbocycles. The summed E-state index contributed by atoms with van der Waals surface area (Å²) in [6.45, 7) is 6.08. The van der Waals surface area contributed by atoms with Crippen LogP contribution >= 0.6 is 0 Å². The Hall–Kier alpha value is -0.120. The molecule has 1 atom stereocenters. The number of likely N-dealkylation sites (N-methyl/N-ethyl adjacent to an activating group) is 2. The number of aliphatic hydroxyl groups is 1. The van der Waals surface area contributed by atoms with E-state index in [9.17, 15) is 0 Å². The van der Waals surface area contributed by atoms with Gasteiger partial charge in [0.15, 0.2) is 0 Å². The zero-order valence-corrected chi connectivity index (χ0v) is 12.0. The molecule has 0 amide bonds. The third-order valence-corrected chi connectivity index (χ3v) is 4.33.